The molecule has 0 saturated heterocycles. The number of anilines is 1. The Morgan fingerprint density at radius 2 is 1.73 bits per heavy atom. The number of aromatic nitrogens is 2. The smallest absolute Gasteiger partial charge is 0.257 e. The van der Waals surface area contributed by atoms with E-state index >= 15 is 0 Å². The second-order valence-electron chi connectivity index (χ2n) is 4.55. The molecule has 1 aromatic carbocycles. The Morgan fingerprint density at radius 3 is 2.41 bits per heavy atom. The maximum atomic E-state index is 5.87. The van der Waals surface area contributed by atoms with E-state index < -0.39 is 0 Å². The van der Waals surface area contributed by atoms with Gasteiger partial charge < -0.3 is 19.9 Å². The Hall–Kier alpha value is -3.02. The Kier molecular flexibility index (Phi) is 3.65. The highest BCUT2D eigenvalue weighted by atomic mass is 16.5. The number of fused-ring (bicyclic) bond motifs is 1. The maximum Gasteiger partial charge on any atom is 0.257 e. The van der Waals surface area contributed by atoms with E-state index in [0.29, 0.717) is 39.8 Å². The molecule has 0 aliphatic carbocycles. The first-order valence-electron chi connectivity index (χ1n) is 6.62. The largest absolute Gasteiger partial charge is 0.491 e. The molecule has 3 rings (SSSR count). The number of rotatable bonds is 4. The van der Waals surface area contributed by atoms with Crippen molar-refractivity contribution in [3.8, 4) is 23.1 Å². The van der Waals surface area contributed by atoms with Gasteiger partial charge in [0.1, 0.15) is 11.3 Å². The molecule has 2 N–H and O–H groups in total. The van der Waals surface area contributed by atoms with Crippen LogP contribution < -0.4 is 19.9 Å². The van der Waals surface area contributed by atoms with Crippen molar-refractivity contribution in [1.82, 2.24) is 9.97 Å². The van der Waals surface area contributed by atoms with Crippen LogP contribution in [0.4, 0.5) is 5.69 Å². The lowest BCUT2D eigenvalue weighted by molar-refractivity contribution is 0.344. The molecule has 6 heteroatoms. The molecule has 0 radical (unpaired) electrons. The number of nitrogen functional groups attached to an aromatic ring is 1. The van der Waals surface area contributed by atoms with Crippen molar-refractivity contribution in [2.45, 2.75) is 0 Å². The number of nitrogens with zero attached hydrogens (tertiary/aromatic N) is 2. The number of ether oxygens (including phenoxy) is 3. The van der Waals surface area contributed by atoms with Crippen LogP contribution in [0.2, 0.25) is 0 Å². The third-order valence-electron chi connectivity index (χ3n) is 3.13. The Balaban J connectivity index is 2.07. The summed E-state index contributed by atoms with van der Waals surface area (Å²) in [5, 5.41) is 0. The quantitative estimate of drug-likeness (QED) is 0.746. The summed E-state index contributed by atoms with van der Waals surface area (Å²) < 4.78 is 16.3. The minimum atomic E-state index is 0.380. The summed E-state index contributed by atoms with van der Waals surface area (Å²) in [6, 6.07) is 10.6. The fraction of sp³-hybridized carbons (Fsp3) is 0.125. The van der Waals surface area contributed by atoms with Gasteiger partial charge in [-0.15, -0.1) is 0 Å². The molecule has 0 aliphatic heterocycles. The number of pyridine rings is 2. The average molecular weight is 297 g/mol. The third-order valence-corrected chi connectivity index (χ3v) is 3.13. The van der Waals surface area contributed by atoms with E-state index in [2.05, 4.69) is 9.97 Å². The molecule has 0 spiro atoms. The first kappa shape index (κ1) is 13.9. The lowest BCUT2D eigenvalue weighted by atomic mass is 10.2. The van der Waals surface area contributed by atoms with Crippen LogP contribution in [0.25, 0.3) is 11.0 Å². The molecule has 6 nitrogen and oxygen atoms in total. The molecule has 0 bridgehead atoms. The van der Waals surface area contributed by atoms with Crippen LogP contribution in [0, 0.1) is 0 Å². The Labute approximate surface area is 127 Å². The fourth-order valence-corrected chi connectivity index (χ4v) is 2.05. The number of hydrogen-bond acceptors (Lipinski definition) is 6. The number of nitrogens with two attached hydrogens (primary N) is 1. The van der Waals surface area contributed by atoms with E-state index in [1.807, 2.05) is 0 Å². The van der Waals surface area contributed by atoms with Crippen LogP contribution >= 0.6 is 0 Å². The van der Waals surface area contributed by atoms with Crippen molar-refractivity contribution < 1.29 is 14.2 Å². The number of methoxy groups -OCH3 is 2. The molecule has 112 valence electrons. The number of hydrogen-bond donors (Lipinski definition) is 1. The molecule has 0 aliphatic rings. The van der Waals surface area contributed by atoms with Crippen molar-refractivity contribution in [3.05, 3.63) is 42.6 Å². The molecule has 0 amide bonds. The molecular formula is C16H15N3O3. The molecule has 22 heavy (non-hydrogen) atoms. The molecule has 0 unspecified atom stereocenters. The zero-order chi connectivity index (χ0) is 15.5. The minimum Gasteiger partial charge on any atom is -0.491 e. The zero-order valence-corrected chi connectivity index (χ0v) is 12.2. The van der Waals surface area contributed by atoms with E-state index in [1.54, 1.807) is 49.7 Å². The molecule has 3 aromatic rings. The van der Waals surface area contributed by atoms with Gasteiger partial charge >= 0.3 is 0 Å². The Morgan fingerprint density at radius 1 is 0.955 bits per heavy atom. The molecule has 0 atom stereocenters. The summed E-state index contributed by atoms with van der Waals surface area (Å²) >= 11 is 0. The monoisotopic (exact) mass is 297 g/mol. The summed E-state index contributed by atoms with van der Waals surface area (Å²) in [7, 11) is 3.09. The van der Waals surface area contributed by atoms with Crippen molar-refractivity contribution >= 4 is 16.7 Å². The van der Waals surface area contributed by atoms with E-state index in [9.17, 15) is 0 Å². The normalized spacial score (nSPS) is 10.5. The third kappa shape index (κ3) is 2.58. The van der Waals surface area contributed by atoms with Crippen LogP contribution in [-0.2, 0) is 0 Å². The lowest BCUT2D eigenvalue weighted by Gasteiger charge is -2.11. The van der Waals surface area contributed by atoms with Crippen molar-refractivity contribution in [1.29, 1.82) is 0 Å². The number of benzene rings is 1. The van der Waals surface area contributed by atoms with Crippen molar-refractivity contribution in [3.63, 3.8) is 0 Å². The van der Waals surface area contributed by atoms with Gasteiger partial charge in [0, 0.05) is 24.0 Å². The summed E-state index contributed by atoms with van der Waals surface area (Å²) in [4.78, 5) is 8.70. The van der Waals surface area contributed by atoms with Gasteiger partial charge in [0.05, 0.1) is 19.7 Å². The summed E-state index contributed by atoms with van der Waals surface area (Å²) in [6.45, 7) is 0. The Bertz CT molecular complexity index is 804. The fourth-order valence-electron chi connectivity index (χ4n) is 2.05. The van der Waals surface area contributed by atoms with E-state index in [0.717, 1.165) is 0 Å². The predicted octanol–water partition coefficient (Wildman–Crippen LogP) is 3.02. The van der Waals surface area contributed by atoms with Crippen LogP contribution in [-0.4, -0.2) is 24.2 Å². The minimum absolute atomic E-state index is 0.380. The van der Waals surface area contributed by atoms with Crippen LogP contribution in [0.3, 0.4) is 0 Å². The molecule has 2 heterocycles. The lowest BCUT2D eigenvalue weighted by Crippen LogP contribution is -1.96. The highest BCUT2D eigenvalue weighted by Crippen LogP contribution is 2.33. The van der Waals surface area contributed by atoms with Crippen LogP contribution in [0.15, 0.2) is 42.6 Å². The second kappa shape index (κ2) is 5.77. The van der Waals surface area contributed by atoms with E-state index in [1.165, 1.54) is 7.11 Å². The van der Waals surface area contributed by atoms with Gasteiger partial charge in [0.25, 0.3) is 5.88 Å². The second-order valence-corrected chi connectivity index (χ2v) is 4.55. The summed E-state index contributed by atoms with van der Waals surface area (Å²) in [5.41, 5.74) is 7.60. The SMILES string of the molecule is COc1cc2nccc(Oc3ccc(N)cc3)c2nc1OC. The standard InChI is InChI=1S/C16H15N3O3/c1-20-14-9-12-15(19-16(14)21-2)13(7-8-18-12)22-11-5-3-10(17)4-6-11/h3-9H,17H2,1-2H3. The van der Waals surface area contributed by atoms with Gasteiger partial charge in [0.2, 0.25) is 0 Å². The van der Waals surface area contributed by atoms with Crippen LogP contribution in [0.5, 0.6) is 23.1 Å². The summed E-state index contributed by atoms with van der Waals surface area (Å²) in [5.74, 6) is 2.14. The first-order valence-corrected chi connectivity index (χ1v) is 6.62. The highest BCUT2D eigenvalue weighted by Gasteiger charge is 2.12. The molecule has 0 saturated carbocycles. The van der Waals surface area contributed by atoms with Crippen molar-refractivity contribution in [2.75, 3.05) is 20.0 Å². The zero-order valence-electron chi connectivity index (χ0n) is 12.2. The maximum absolute atomic E-state index is 5.87. The average Bonchev–Trinajstić information content (AvgIpc) is 2.56. The molecular weight excluding hydrogens is 282 g/mol. The molecule has 0 fully saturated rings. The van der Waals surface area contributed by atoms with Gasteiger partial charge in [-0.05, 0) is 24.3 Å². The van der Waals surface area contributed by atoms with E-state index in [4.69, 9.17) is 19.9 Å². The first-order chi connectivity index (χ1) is 10.7. The summed E-state index contributed by atoms with van der Waals surface area (Å²) in [6.07, 6.45) is 1.66. The highest BCUT2D eigenvalue weighted by molar-refractivity contribution is 5.83. The predicted molar refractivity (Wildman–Crippen MR) is 83.6 cm³/mol. The van der Waals surface area contributed by atoms with Gasteiger partial charge in [-0.1, -0.05) is 0 Å². The van der Waals surface area contributed by atoms with Crippen LogP contribution in [0.1, 0.15) is 0 Å². The molecule has 2 aromatic heterocycles. The van der Waals surface area contributed by atoms with Gasteiger partial charge in [-0.25, -0.2) is 4.98 Å². The van der Waals surface area contributed by atoms with Crippen molar-refractivity contribution in [2.24, 2.45) is 0 Å². The van der Waals surface area contributed by atoms with Gasteiger partial charge in [0.15, 0.2) is 11.5 Å². The van der Waals surface area contributed by atoms with E-state index in [-0.39, 0.29) is 0 Å². The van der Waals surface area contributed by atoms with Gasteiger partial charge in [-0.3, -0.25) is 4.98 Å². The van der Waals surface area contributed by atoms with Gasteiger partial charge in [-0.2, -0.15) is 0 Å². The topological polar surface area (TPSA) is 79.5 Å².